The highest BCUT2D eigenvalue weighted by molar-refractivity contribution is 6.05. The lowest BCUT2D eigenvalue weighted by Gasteiger charge is -2.20. The Bertz CT molecular complexity index is 588. The minimum Gasteiger partial charge on any atom is -0.383 e. The van der Waals surface area contributed by atoms with Crippen molar-refractivity contribution in [3.05, 3.63) is 35.4 Å². The summed E-state index contributed by atoms with van der Waals surface area (Å²) < 4.78 is 4.99. The van der Waals surface area contributed by atoms with Crippen molar-refractivity contribution in [2.75, 3.05) is 33.4 Å². The third-order valence-corrected chi connectivity index (χ3v) is 5.13. The third kappa shape index (κ3) is 3.23. The van der Waals surface area contributed by atoms with Crippen molar-refractivity contribution in [2.24, 2.45) is 11.8 Å². The van der Waals surface area contributed by atoms with E-state index in [1.807, 2.05) is 0 Å². The van der Waals surface area contributed by atoms with E-state index < -0.39 is 0 Å². The summed E-state index contributed by atoms with van der Waals surface area (Å²) in [6.07, 6.45) is 0. The molecule has 2 fully saturated rings. The molecule has 2 heterocycles. The van der Waals surface area contributed by atoms with Crippen molar-refractivity contribution in [3.8, 4) is 0 Å². The van der Waals surface area contributed by atoms with Gasteiger partial charge in [-0.1, -0.05) is 38.1 Å². The fourth-order valence-electron chi connectivity index (χ4n) is 3.69. The normalized spacial score (nSPS) is 24.2. The lowest BCUT2D eigenvalue weighted by molar-refractivity contribution is -0.141. The van der Waals surface area contributed by atoms with Gasteiger partial charge in [-0.05, 0) is 17.0 Å². The van der Waals surface area contributed by atoms with Gasteiger partial charge >= 0.3 is 0 Å². The molecule has 2 aliphatic heterocycles. The molecule has 5 heteroatoms. The van der Waals surface area contributed by atoms with Crippen LogP contribution in [-0.4, -0.2) is 55.0 Å². The summed E-state index contributed by atoms with van der Waals surface area (Å²) in [6, 6.07) is 8.63. The van der Waals surface area contributed by atoms with Gasteiger partial charge in [-0.2, -0.15) is 0 Å². The molecule has 2 aliphatic rings. The van der Waals surface area contributed by atoms with E-state index in [0.29, 0.717) is 32.2 Å². The molecule has 3 rings (SSSR count). The van der Waals surface area contributed by atoms with Crippen molar-refractivity contribution < 1.29 is 14.3 Å². The first-order valence-corrected chi connectivity index (χ1v) is 8.66. The van der Waals surface area contributed by atoms with Gasteiger partial charge in [-0.3, -0.25) is 19.4 Å². The molecule has 1 aromatic carbocycles. The van der Waals surface area contributed by atoms with E-state index >= 15 is 0 Å². The Kier molecular flexibility index (Phi) is 5.01. The fraction of sp³-hybridized carbons (Fsp3) is 0.579. The van der Waals surface area contributed by atoms with E-state index in [4.69, 9.17) is 4.74 Å². The number of carbonyl (C=O) groups is 2. The summed E-state index contributed by atoms with van der Waals surface area (Å²) in [5.41, 5.74) is 2.56. The summed E-state index contributed by atoms with van der Waals surface area (Å²) in [5.74, 6) is 0.117. The minimum atomic E-state index is -0.177. The zero-order valence-electron chi connectivity index (χ0n) is 14.7. The van der Waals surface area contributed by atoms with Gasteiger partial charge in [-0.15, -0.1) is 0 Å². The van der Waals surface area contributed by atoms with Gasteiger partial charge < -0.3 is 4.74 Å². The van der Waals surface area contributed by atoms with Crippen LogP contribution in [0, 0.1) is 11.8 Å². The summed E-state index contributed by atoms with van der Waals surface area (Å²) in [4.78, 5) is 28.5. The summed E-state index contributed by atoms with van der Waals surface area (Å²) in [6.45, 7) is 7.28. The van der Waals surface area contributed by atoms with Gasteiger partial charge in [0.05, 0.1) is 25.0 Å². The quantitative estimate of drug-likeness (QED) is 0.747. The van der Waals surface area contributed by atoms with Crippen LogP contribution in [0.5, 0.6) is 0 Å². The monoisotopic (exact) mass is 330 g/mol. The molecule has 2 atom stereocenters. The second-order valence-electron chi connectivity index (χ2n) is 7.12. The van der Waals surface area contributed by atoms with Crippen LogP contribution < -0.4 is 0 Å². The fourth-order valence-corrected chi connectivity index (χ4v) is 3.69. The molecular weight excluding hydrogens is 304 g/mol. The molecule has 0 aliphatic carbocycles. The zero-order valence-corrected chi connectivity index (χ0v) is 14.7. The summed E-state index contributed by atoms with van der Waals surface area (Å²) in [7, 11) is 1.58. The maximum Gasteiger partial charge on any atom is 0.234 e. The minimum absolute atomic E-state index is 0.0281. The molecule has 5 nitrogen and oxygen atoms in total. The Morgan fingerprint density at radius 3 is 2.17 bits per heavy atom. The van der Waals surface area contributed by atoms with Crippen molar-refractivity contribution in [1.29, 1.82) is 0 Å². The number of benzene rings is 1. The van der Waals surface area contributed by atoms with Gasteiger partial charge in [0.15, 0.2) is 0 Å². The average Bonchev–Trinajstić information content (AvgIpc) is 3.07. The number of hydrogen-bond donors (Lipinski definition) is 0. The number of amides is 2. The first-order valence-electron chi connectivity index (χ1n) is 8.66. The number of carbonyl (C=O) groups excluding carboxylic acids is 2. The van der Waals surface area contributed by atoms with E-state index in [-0.39, 0.29) is 23.7 Å². The van der Waals surface area contributed by atoms with Gasteiger partial charge in [0.2, 0.25) is 11.8 Å². The highest BCUT2D eigenvalue weighted by atomic mass is 16.5. The summed E-state index contributed by atoms with van der Waals surface area (Å²) >= 11 is 0. The largest absolute Gasteiger partial charge is 0.383 e. The lowest BCUT2D eigenvalue weighted by Crippen LogP contribution is -2.37. The van der Waals surface area contributed by atoms with Crippen LogP contribution in [-0.2, 0) is 20.9 Å². The van der Waals surface area contributed by atoms with Crippen LogP contribution in [0.25, 0.3) is 0 Å². The first-order chi connectivity index (χ1) is 11.5. The topological polar surface area (TPSA) is 49.9 Å². The van der Waals surface area contributed by atoms with Crippen molar-refractivity contribution in [2.45, 2.75) is 26.3 Å². The van der Waals surface area contributed by atoms with Crippen LogP contribution in [0.4, 0.5) is 0 Å². The molecule has 0 radical (unpaired) electrons. The maximum absolute atomic E-state index is 12.4. The second-order valence-corrected chi connectivity index (χ2v) is 7.12. The Morgan fingerprint density at radius 2 is 1.67 bits per heavy atom. The maximum atomic E-state index is 12.4. The molecule has 0 spiro atoms. The van der Waals surface area contributed by atoms with Crippen LogP contribution in [0.15, 0.2) is 24.3 Å². The number of rotatable bonds is 6. The number of likely N-dealkylation sites (tertiary alicyclic amines) is 2. The molecule has 1 aromatic rings. The first kappa shape index (κ1) is 17.1. The molecule has 2 amide bonds. The van der Waals surface area contributed by atoms with E-state index in [0.717, 1.165) is 6.54 Å². The highest BCUT2D eigenvalue weighted by Crippen LogP contribution is 2.34. The number of fused-ring (bicyclic) bond motifs is 1. The molecule has 0 bridgehead atoms. The zero-order chi connectivity index (χ0) is 17.3. The van der Waals surface area contributed by atoms with Crippen molar-refractivity contribution in [3.63, 3.8) is 0 Å². The van der Waals surface area contributed by atoms with Gasteiger partial charge in [-0.25, -0.2) is 0 Å². The van der Waals surface area contributed by atoms with Gasteiger partial charge in [0.1, 0.15) is 0 Å². The molecule has 24 heavy (non-hydrogen) atoms. The summed E-state index contributed by atoms with van der Waals surface area (Å²) in [5, 5.41) is 0. The molecule has 2 saturated heterocycles. The SMILES string of the molecule is COCCN1C(=O)[C@H]2CN(Cc3ccc(C(C)C)cc3)C[C@H]2C1=O. The predicted molar refractivity (Wildman–Crippen MR) is 91.4 cm³/mol. The third-order valence-electron chi connectivity index (χ3n) is 5.13. The number of ether oxygens (including phenoxy) is 1. The van der Waals surface area contributed by atoms with Crippen molar-refractivity contribution >= 4 is 11.8 Å². The molecule has 0 N–H and O–H groups in total. The number of imide groups is 1. The van der Waals surface area contributed by atoms with E-state index in [1.54, 1.807) is 7.11 Å². The lowest BCUT2D eigenvalue weighted by atomic mass is 10.00. The van der Waals surface area contributed by atoms with E-state index in [9.17, 15) is 9.59 Å². The Balaban J connectivity index is 1.61. The Labute approximate surface area is 143 Å². The molecule has 0 unspecified atom stereocenters. The molecule has 0 saturated carbocycles. The molecular formula is C19H26N2O3. The van der Waals surface area contributed by atoms with E-state index in [2.05, 4.69) is 43.0 Å². The van der Waals surface area contributed by atoms with Gasteiger partial charge in [0.25, 0.3) is 0 Å². The van der Waals surface area contributed by atoms with Gasteiger partial charge in [0, 0.05) is 26.7 Å². The second kappa shape index (κ2) is 7.03. The Hall–Kier alpha value is -1.72. The number of nitrogens with zero attached hydrogens (tertiary/aromatic N) is 2. The van der Waals surface area contributed by atoms with E-state index in [1.165, 1.54) is 16.0 Å². The average molecular weight is 330 g/mol. The van der Waals surface area contributed by atoms with Crippen LogP contribution in [0.2, 0.25) is 0 Å². The number of methoxy groups -OCH3 is 1. The van der Waals surface area contributed by atoms with Crippen LogP contribution in [0.3, 0.4) is 0 Å². The van der Waals surface area contributed by atoms with Crippen LogP contribution >= 0.6 is 0 Å². The standard InChI is InChI=1S/C19H26N2O3/c1-13(2)15-6-4-14(5-7-15)10-20-11-16-17(12-20)19(23)21(18(16)22)8-9-24-3/h4-7,13,16-17H,8-12H2,1-3H3/t16-,17+. The molecule has 0 aromatic heterocycles. The predicted octanol–water partition coefficient (Wildman–Crippen LogP) is 1.87. The molecule has 130 valence electrons. The number of hydrogen-bond acceptors (Lipinski definition) is 4. The Morgan fingerprint density at radius 1 is 1.08 bits per heavy atom. The van der Waals surface area contributed by atoms with Crippen LogP contribution in [0.1, 0.15) is 30.9 Å². The highest BCUT2D eigenvalue weighted by Gasteiger charge is 2.51. The smallest absolute Gasteiger partial charge is 0.234 e. The van der Waals surface area contributed by atoms with Crippen molar-refractivity contribution in [1.82, 2.24) is 9.80 Å².